The Labute approximate surface area is 195 Å². The van der Waals surface area contributed by atoms with E-state index in [4.69, 9.17) is 21.1 Å². The quantitative estimate of drug-likeness (QED) is 0.381. The third-order valence-corrected chi connectivity index (χ3v) is 5.53. The number of carbonyl (C=O) groups excluding carboxylic acids is 1. The summed E-state index contributed by atoms with van der Waals surface area (Å²) in [5, 5.41) is 0.537. The predicted octanol–water partition coefficient (Wildman–Crippen LogP) is 6.26. The van der Waals surface area contributed by atoms with Crippen molar-refractivity contribution in [2.45, 2.75) is 32.8 Å². The Bertz CT molecular complexity index is 1230. The second kappa shape index (κ2) is 10.1. The molecule has 170 valence electrons. The molecule has 0 fully saturated rings. The number of hydrogen-bond acceptors (Lipinski definition) is 5. The first kappa shape index (κ1) is 22.9. The molecule has 1 aliphatic carbocycles. The Balaban J connectivity index is 1.68. The Morgan fingerprint density at radius 2 is 1.88 bits per heavy atom. The van der Waals surface area contributed by atoms with Crippen molar-refractivity contribution >= 4 is 28.7 Å². The van der Waals surface area contributed by atoms with Gasteiger partial charge in [0.25, 0.3) is 0 Å². The summed E-state index contributed by atoms with van der Waals surface area (Å²) < 4.78 is 37.8. The Kier molecular flexibility index (Phi) is 6.99. The highest BCUT2D eigenvalue weighted by Gasteiger charge is 2.23. The fourth-order valence-electron chi connectivity index (χ4n) is 3.79. The van der Waals surface area contributed by atoms with E-state index in [2.05, 4.69) is 9.97 Å². The van der Waals surface area contributed by atoms with Crippen molar-refractivity contribution in [3.05, 3.63) is 88.0 Å². The minimum atomic E-state index is -0.923. The molecule has 1 heterocycles. The minimum absolute atomic E-state index is 0.0621. The highest BCUT2D eigenvalue weighted by molar-refractivity contribution is 6.30. The average Bonchev–Trinajstić information content (AvgIpc) is 3.30. The number of ether oxygens (including phenoxy) is 2. The lowest BCUT2D eigenvalue weighted by Gasteiger charge is -2.15. The Morgan fingerprint density at radius 1 is 1.06 bits per heavy atom. The molecule has 5 nitrogen and oxygen atoms in total. The Hall–Kier alpha value is -3.32. The van der Waals surface area contributed by atoms with Crippen molar-refractivity contribution in [2.24, 2.45) is 0 Å². The second-order valence-corrected chi connectivity index (χ2v) is 7.93. The third-order valence-electron chi connectivity index (χ3n) is 5.29. The molecule has 8 heteroatoms. The number of hydrogen-bond donors (Lipinski definition) is 0. The molecule has 0 unspecified atom stereocenters. The van der Waals surface area contributed by atoms with Gasteiger partial charge in [0.15, 0.2) is 17.3 Å². The van der Waals surface area contributed by atoms with Crippen LogP contribution >= 0.6 is 11.6 Å². The van der Waals surface area contributed by atoms with Gasteiger partial charge < -0.3 is 9.47 Å². The van der Waals surface area contributed by atoms with Crippen LogP contribution in [0.2, 0.25) is 5.02 Å². The largest absolute Gasteiger partial charge is 0.488 e. The summed E-state index contributed by atoms with van der Waals surface area (Å²) in [5.74, 6) is -1.79. The van der Waals surface area contributed by atoms with Crippen molar-refractivity contribution in [1.29, 1.82) is 0 Å². The molecule has 0 aliphatic heterocycles. The molecule has 0 saturated heterocycles. The number of nitrogens with zero attached hydrogens (tertiary/aromatic N) is 2. The lowest BCUT2D eigenvalue weighted by atomic mass is 9.99. The van der Waals surface area contributed by atoms with Gasteiger partial charge in [-0.3, -0.25) is 4.98 Å². The van der Waals surface area contributed by atoms with Crippen LogP contribution in [0.15, 0.2) is 48.8 Å². The summed E-state index contributed by atoms with van der Waals surface area (Å²) in [5.41, 5.74) is 3.99. The van der Waals surface area contributed by atoms with Gasteiger partial charge in [-0.1, -0.05) is 17.7 Å². The summed E-state index contributed by atoms with van der Waals surface area (Å²) >= 11 is 6.29. The van der Waals surface area contributed by atoms with Crippen LogP contribution < -0.4 is 4.74 Å². The molecule has 0 spiro atoms. The van der Waals surface area contributed by atoms with Crippen molar-refractivity contribution in [3.8, 4) is 5.75 Å². The van der Waals surface area contributed by atoms with E-state index in [1.54, 1.807) is 25.3 Å². The normalized spacial score (nSPS) is 13.3. The molecule has 0 N–H and O–H groups in total. The number of rotatable bonds is 7. The molecule has 3 aromatic rings. The van der Waals surface area contributed by atoms with Gasteiger partial charge in [-0.15, -0.1) is 0 Å². The lowest BCUT2D eigenvalue weighted by molar-refractivity contribution is 0.0519. The molecule has 0 bridgehead atoms. The molecular formula is C25H21ClF2N2O3. The van der Waals surface area contributed by atoms with Gasteiger partial charge in [-0.2, -0.15) is 0 Å². The topological polar surface area (TPSA) is 61.3 Å². The fourth-order valence-corrected chi connectivity index (χ4v) is 3.96. The van der Waals surface area contributed by atoms with Gasteiger partial charge >= 0.3 is 5.97 Å². The highest BCUT2D eigenvalue weighted by atomic mass is 35.5. The van der Waals surface area contributed by atoms with Crippen LogP contribution in [0.3, 0.4) is 0 Å². The first-order valence-corrected chi connectivity index (χ1v) is 10.9. The summed E-state index contributed by atoms with van der Waals surface area (Å²) in [6.45, 7) is 2.04. The number of esters is 1. The molecule has 1 aromatic heterocycles. The van der Waals surface area contributed by atoms with Crippen LogP contribution in [0.1, 0.15) is 53.5 Å². The smallest absolute Gasteiger partial charge is 0.358 e. The van der Waals surface area contributed by atoms with Crippen LogP contribution in [-0.4, -0.2) is 22.5 Å². The molecule has 0 amide bonds. The van der Waals surface area contributed by atoms with E-state index in [-0.39, 0.29) is 18.9 Å². The Morgan fingerprint density at radius 3 is 2.67 bits per heavy atom. The van der Waals surface area contributed by atoms with E-state index < -0.39 is 17.6 Å². The van der Waals surface area contributed by atoms with Crippen molar-refractivity contribution in [2.75, 3.05) is 6.61 Å². The molecule has 1 aliphatic rings. The van der Waals surface area contributed by atoms with Crippen LogP contribution in [0.5, 0.6) is 5.75 Å². The summed E-state index contributed by atoms with van der Waals surface area (Å²) in [4.78, 5) is 20.7. The van der Waals surface area contributed by atoms with Gasteiger partial charge in [-0.25, -0.2) is 18.6 Å². The SMILES string of the molecule is CCOC(=O)c1cncc(C2=C(c3cc(Cl)ccc3OCc3ccc(F)c(F)c3)CCC2)n1. The molecule has 4 rings (SSSR count). The van der Waals surface area contributed by atoms with Gasteiger partial charge in [0.1, 0.15) is 12.4 Å². The van der Waals surface area contributed by atoms with E-state index >= 15 is 0 Å². The number of halogens is 3. The van der Waals surface area contributed by atoms with Gasteiger partial charge in [-0.05, 0) is 73.2 Å². The summed E-state index contributed by atoms with van der Waals surface area (Å²) in [6, 6.07) is 8.94. The van der Waals surface area contributed by atoms with E-state index in [0.717, 1.165) is 48.1 Å². The molecular weight excluding hydrogens is 450 g/mol. The molecule has 0 saturated carbocycles. The zero-order chi connectivity index (χ0) is 23.4. The zero-order valence-electron chi connectivity index (χ0n) is 17.9. The molecule has 2 aromatic carbocycles. The van der Waals surface area contributed by atoms with Crippen LogP contribution in [0.25, 0.3) is 11.1 Å². The van der Waals surface area contributed by atoms with E-state index in [1.165, 1.54) is 12.3 Å². The minimum Gasteiger partial charge on any atom is -0.488 e. The maximum Gasteiger partial charge on any atom is 0.358 e. The number of benzene rings is 2. The fraction of sp³-hybridized carbons (Fsp3) is 0.240. The number of carbonyl (C=O) groups is 1. The second-order valence-electron chi connectivity index (χ2n) is 7.50. The van der Waals surface area contributed by atoms with Crippen molar-refractivity contribution < 1.29 is 23.0 Å². The van der Waals surface area contributed by atoms with Crippen LogP contribution in [0, 0.1) is 11.6 Å². The maximum absolute atomic E-state index is 13.6. The van der Waals surface area contributed by atoms with E-state index in [1.807, 2.05) is 6.07 Å². The molecule has 0 radical (unpaired) electrons. The zero-order valence-corrected chi connectivity index (χ0v) is 18.7. The number of aromatic nitrogens is 2. The first-order valence-electron chi connectivity index (χ1n) is 10.5. The van der Waals surface area contributed by atoms with Crippen molar-refractivity contribution in [3.63, 3.8) is 0 Å². The van der Waals surface area contributed by atoms with Gasteiger partial charge in [0, 0.05) is 10.6 Å². The first-order chi connectivity index (χ1) is 16.0. The van der Waals surface area contributed by atoms with E-state index in [9.17, 15) is 13.6 Å². The van der Waals surface area contributed by atoms with Gasteiger partial charge in [0.2, 0.25) is 0 Å². The standard InChI is InChI=1S/C25H21ClF2N2O3/c1-2-32-25(31)23-13-29-12-22(30-23)18-5-3-4-17(18)19-11-16(26)7-9-24(19)33-14-15-6-8-20(27)21(28)10-15/h6-13H,2-5,14H2,1H3. The van der Waals surface area contributed by atoms with Crippen LogP contribution in [-0.2, 0) is 11.3 Å². The maximum atomic E-state index is 13.6. The predicted molar refractivity (Wildman–Crippen MR) is 121 cm³/mol. The summed E-state index contributed by atoms with van der Waals surface area (Å²) in [6.07, 6.45) is 5.42. The number of allylic oxidation sites excluding steroid dienone is 2. The monoisotopic (exact) mass is 470 g/mol. The average molecular weight is 471 g/mol. The summed E-state index contributed by atoms with van der Waals surface area (Å²) in [7, 11) is 0. The van der Waals surface area contributed by atoms with Crippen LogP contribution in [0.4, 0.5) is 8.78 Å². The van der Waals surface area contributed by atoms with Gasteiger partial charge in [0.05, 0.1) is 24.7 Å². The molecule has 0 atom stereocenters. The van der Waals surface area contributed by atoms with E-state index in [0.29, 0.717) is 22.0 Å². The lowest BCUT2D eigenvalue weighted by Crippen LogP contribution is -2.09. The molecule has 33 heavy (non-hydrogen) atoms. The van der Waals surface area contributed by atoms with Crippen molar-refractivity contribution in [1.82, 2.24) is 9.97 Å². The highest BCUT2D eigenvalue weighted by Crippen LogP contribution is 2.43. The third kappa shape index (κ3) is 5.20.